The predicted octanol–water partition coefficient (Wildman–Crippen LogP) is 4.13. The number of benzene rings is 1. The topological polar surface area (TPSA) is 34.1 Å². The largest absolute Gasteiger partial charge is 0.223 e. The second-order valence-corrected chi connectivity index (χ2v) is 15.0. The highest BCUT2D eigenvalue weighted by atomic mass is 32.2. The maximum Gasteiger partial charge on any atom is 0.181 e. The zero-order chi connectivity index (χ0) is 15.3. The first-order valence-electron chi connectivity index (χ1n) is 7.79. The molecule has 0 aromatic heterocycles. The molecule has 114 valence electrons. The molecule has 0 heterocycles. The number of rotatable bonds is 3. The molecular weight excluding hydrogens is 296 g/mol. The van der Waals surface area contributed by atoms with Crippen molar-refractivity contribution in [2.75, 3.05) is 0 Å². The van der Waals surface area contributed by atoms with Crippen LogP contribution in [-0.2, 0) is 9.84 Å². The lowest BCUT2D eigenvalue weighted by Crippen LogP contribution is -2.51. The van der Waals surface area contributed by atoms with E-state index in [4.69, 9.17) is 0 Å². The molecule has 2 bridgehead atoms. The van der Waals surface area contributed by atoms with Crippen LogP contribution < -0.4 is 0 Å². The summed E-state index contributed by atoms with van der Waals surface area (Å²) >= 11 is 0. The van der Waals surface area contributed by atoms with Crippen LogP contribution in [0.4, 0.5) is 0 Å². The van der Waals surface area contributed by atoms with Crippen molar-refractivity contribution in [1.29, 1.82) is 0 Å². The fourth-order valence-corrected chi connectivity index (χ4v) is 11.0. The van der Waals surface area contributed by atoms with Crippen LogP contribution in [0.3, 0.4) is 0 Å². The van der Waals surface area contributed by atoms with Crippen molar-refractivity contribution >= 4 is 17.9 Å². The second-order valence-electron chi connectivity index (χ2n) is 7.50. The van der Waals surface area contributed by atoms with E-state index in [2.05, 4.69) is 31.8 Å². The first-order chi connectivity index (χ1) is 9.82. The zero-order valence-corrected chi connectivity index (χ0v) is 14.8. The van der Waals surface area contributed by atoms with Crippen LogP contribution in [0.15, 0.2) is 47.4 Å². The summed E-state index contributed by atoms with van der Waals surface area (Å²) in [6.45, 7) is 6.96. The number of hydrogen-bond acceptors (Lipinski definition) is 2. The molecule has 0 amide bonds. The van der Waals surface area contributed by atoms with Crippen molar-refractivity contribution in [2.24, 2.45) is 11.8 Å². The number of hydrogen-bond donors (Lipinski definition) is 0. The third-order valence-corrected chi connectivity index (χ3v) is 10.4. The lowest BCUT2D eigenvalue weighted by atomic mass is 9.75. The van der Waals surface area contributed by atoms with Crippen molar-refractivity contribution < 1.29 is 8.42 Å². The van der Waals surface area contributed by atoms with Gasteiger partial charge in [0, 0.05) is 8.07 Å². The van der Waals surface area contributed by atoms with E-state index in [1.54, 1.807) is 12.1 Å². The van der Waals surface area contributed by atoms with Gasteiger partial charge in [0.25, 0.3) is 0 Å². The number of fused-ring (bicyclic) bond motifs is 2. The Bertz CT molecular complexity index is 643. The smallest absolute Gasteiger partial charge is 0.181 e. The van der Waals surface area contributed by atoms with Gasteiger partial charge < -0.3 is 0 Å². The minimum Gasteiger partial charge on any atom is -0.223 e. The van der Waals surface area contributed by atoms with E-state index in [1.807, 2.05) is 18.2 Å². The monoisotopic (exact) mass is 320 g/mol. The van der Waals surface area contributed by atoms with Gasteiger partial charge in [-0.1, -0.05) is 50.0 Å². The quantitative estimate of drug-likeness (QED) is 0.620. The Labute approximate surface area is 129 Å². The van der Waals surface area contributed by atoms with Gasteiger partial charge in [-0.05, 0) is 42.4 Å². The van der Waals surface area contributed by atoms with Gasteiger partial charge in [-0.3, -0.25) is 0 Å². The van der Waals surface area contributed by atoms with Crippen LogP contribution in [-0.4, -0.2) is 21.7 Å². The Morgan fingerprint density at radius 3 is 2.05 bits per heavy atom. The maximum absolute atomic E-state index is 13.2. The van der Waals surface area contributed by atoms with Crippen molar-refractivity contribution in [1.82, 2.24) is 0 Å². The number of allylic oxidation sites excluding steroid dienone is 2. The van der Waals surface area contributed by atoms with Crippen molar-refractivity contribution in [3.05, 3.63) is 42.5 Å². The van der Waals surface area contributed by atoms with Crippen LogP contribution in [0.25, 0.3) is 0 Å². The standard InChI is InChI=1S/C17H24O2SSi/c1-21(2,3)17-14-11-9-13(10-12-14)16(17)20(18,19)15-7-5-4-6-8-15/h4-9,11,13-14,16-17H,10,12H2,1-3H3/t13-,14+,16-,17-/m0/s1. The van der Waals surface area contributed by atoms with E-state index >= 15 is 0 Å². The third kappa shape index (κ3) is 2.53. The number of sulfone groups is 1. The van der Waals surface area contributed by atoms with Crippen LogP contribution in [0.1, 0.15) is 12.8 Å². The van der Waals surface area contributed by atoms with E-state index in [9.17, 15) is 8.42 Å². The van der Waals surface area contributed by atoms with Gasteiger partial charge in [0.1, 0.15) is 0 Å². The molecule has 4 rings (SSSR count). The molecule has 4 atom stereocenters. The molecule has 0 spiro atoms. The summed E-state index contributed by atoms with van der Waals surface area (Å²) in [4.78, 5) is 0.499. The highest BCUT2D eigenvalue weighted by Gasteiger charge is 2.52. The van der Waals surface area contributed by atoms with Gasteiger partial charge in [0.05, 0.1) is 10.1 Å². The molecular formula is C17H24O2SSi. The van der Waals surface area contributed by atoms with Gasteiger partial charge in [0.2, 0.25) is 0 Å². The van der Waals surface area contributed by atoms with Crippen molar-refractivity contribution in [3.8, 4) is 0 Å². The van der Waals surface area contributed by atoms with Gasteiger partial charge in [-0.15, -0.1) is 0 Å². The molecule has 3 aliphatic carbocycles. The maximum atomic E-state index is 13.2. The molecule has 0 unspecified atom stereocenters. The fraction of sp³-hybridized carbons (Fsp3) is 0.529. The van der Waals surface area contributed by atoms with Crippen LogP contribution in [0, 0.1) is 11.8 Å². The molecule has 0 radical (unpaired) electrons. The van der Waals surface area contributed by atoms with Crippen molar-refractivity contribution in [2.45, 2.75) is 48.2 Å². The third-order valence-electron chi connectivity index (χ3n) is 5.11. The SMILES string of the molecule is C[Si](C)(C)[C@@H]1[C@@H](S(=O)(=O)c2ccccc2)[C@H]2C=C[C@@H]1CC2. The highest BCUT2D eigenvalue weighted by Crippen LogP contribution is 2.52. The molecule has 2 nitrogen and oxygen atoms in total. The second kappa shape index (κ2) is 5.09. The van der Waals surface area contributed by atoms with E-state index < -0.39 is 17.9 Å². The Kier molecular flexibility index (Phi) is 3.65. The van der Waals surface area contributed by atoms with E-state index in [0.29, 0.717) is 16.4 Å². The summed E-state index contributed by atoms with van der Waals surface area (Å²) in [5, 5.41) is -0.213. The Balaban J connectivity index is 2.09. The first-order valence-corrected chi connectivity index (χ1v) is 12.9. The average molecular weight is 321 g/mol. The molecule has 1 saturated carbocycles. The van der Waals surface area contributed by atoms with Crippen molar-refractivity contribution in [3.63, 3.8) is 0 Å². The highest BCUT2D eigenvalue weighted by molar-refractivity contribution is 7.92. The van der Waals surface area contributed by atoms with Crippen LogP contribution >= 0.6 is 0 Å². The first kappa shape index (κ1) is 15.0. The molecule has 0 saturated heterocycles. The Morgan fingerprint density at radius 2 is 1.52 bits per heavy atom. The van der Waals surface area contributed by atoms with Crippen LogP contribution in [0.2, 0.25) is 25.2 Å². The van der Waals surface area contributed by atoms with Gasteiger partial charge in [-0.2, -0.15) is 0 Å². The molecule has 0 N–H and O–H groups in total. The van der Waals surface area contributed by atoms with Gasteiger partial charge in [-0.25, -0.2) is 8.42 Å². The zero-order valence-electron chi connectivity index (χ0n) is 13.0. The van der Waals surface area contributed by atoms with Gasteiger partial charge in [0.15, 0.2) is 9.84 Å². The summed E-state index contributed by atoms with van der Waals surface area (Å²) in [6.07, 6.45) is 6.67. The molecule has 4 heteroatoms. The van der Waals surface area contributed by atoms with E-state index in [-0.39, 0.29) is 11.2 Å². The summed E-state index contributed by atoms with van der Waals surface area (Å²) in [7, 11) is -4.79. The fourth-order valence-electron chi connectivity index (χ4n) is 4.27. The van der Waals surface area contributed by atoms with E-state index in [0.717, 1.165) is 12.8 Å². The molecule has 0 aliphatic heterocycles. The lowest BCUT2D eigenvalue weighted by Gasteiger charge is -2.49. The molecule has 1 fully saturated rings. The summed E-state index contributed by atoms with van der Waals surface area (Å²) < 4.78 is 26.4. The molecule has 21 heavy (non-hydrogen) atoms. The average Bonchev–Trinajstić information content (AvgIpc) is 2.47. The van der Waals surface area contributed by atoms with Gasteiger partial charge >= 0.3 is 0 Å². The molecule has 3 aliphatic rings. The Morgan fingerprint density at radius 1 is 0.952 bits per heavy atom. The summed E-state index contributed by atoms with van der Waals surface area (Å²) in [6, 6.07) is 9.04. The summed E-state index contributed by atoms with van der Waals surface area (Å²) in [5.74, 6) is 0.669. The van der Waals surface area contributed by atoms with E-state index in [1.165, 1.54) is 0 Å². The summed E-state index contributed by atoms with van der Waals surface area (Å²) in [5.41, 5.74) is 0.339. The normalized spacial score (nSPS) is 32.3. The molecule has 1 aromatic rings. The minimum absolute atomic E-state index is 0.205. The lowest BCUT2D eigenvalue weighted by molar-refractivity contribution is 0.322. The van der Waals surface area contributed by atoms with Crippen LogP contribution in [0.5, 0.6) is 0 Å². The minimum atomic E-state index is -3.24. The Hall–Kier alpha value is -0.873. The molecule has 1 aromatic carbocycles. The predicted molar refractivity (Wildman–Crippen MR) is 89.9 cm³/mol.